The fourth-order valence-corrected chi connectivity index (χ4v) is 2.09. The zero-order chi connectivity index (χ0) is 15.4. The van der Waals surface area contributed by atoms with Crippen LogP contribution < -0.4 is 10.1 Å². The minimum Gasteiger partial charge on any atom is -0.476 e. The number of hydrogen-bond acceptors (Lipinski definition) is 6. The number of anilines is 1. The second kappa shape index (κ2) is 6.49. The fourth-order valence-electron chi connectivity index (χ4n) is 1.82. The van der Waals surface area contributed by atoms with E-state index in [0.29, 0.717) is 0 Å². The van der Waals surface area contributed by atoms with Gasteiger partial charge in [0.15, 0.2) is 0 Å². The molecule has 0 radical (unpaired) electrons. The van der Waals surface area contributed by atoms with Crippen molar-refractivity contribution < 1.29 is 9.66 Å². The summed E-state index contributed by atoms with van der Waals surface area (Å²) in [4.78, 5) is 18.3. The smallest absolute Gasteiger partial charge is 0.372 e. The van der Waals surface area contributed by atoms with E-state index in [-0.39, 0.29) is 23.4 Å². The third kappa shape index (κ3) is 3.46. The number of benzene rings is 1. The largest absolute Gasteiger partial charge is 0.476 e. The van der Waals surface area contributed by atoms with Crippen LogP contribution in [-0.2, 0) is 0 Å². The van der Waals surface area contributed by atoms with Crippen LogP contribution in [0.4, 0.5) is 11.5 Å². The van der Waals surface area contributed by atoms with Crippen LogP contribution in [0.1, 0.15) is 18.5 Å². The topological polar surface area (TPSA) is 90.2 Å². The van der Waals surface area contributed by atoms with Gasteiger partial charge in [-0.25, -0.2) is 4.98 Å². The number of ether oxygens (including phenoxy) is 1. The van der Waals surface area contributed by atoms with Crippen LogP contribution in [0.15, 0.2) is 35.1 Å². The molecule has 0 aliphatic heterocycles. The van der Waals surface area contributed by atoms with Crippen LogP contribution >= 0.6 is 15.9 Å². The summed E-state index contributed by atoms with van der Waals surface area (Å²) in [6.07, 6.45) is 1.22. The first-order chi connectivity index (χ1) is 10.0. The number of methoxy groups -OCH3 is 1. The molecule has 2 rings (SSSR count). The molecule has 7 nitrogen and oxygen atoms in total. The SMILES string of the molecule is COc1ncnc(NC(C)c2ccc(Br)cc2)c1[N+](=O)[O-]. The van der Waals surface area contributed by atoms with Crippen molar-refractivity contribution in [1.82, 2.24) is 9.97 Å². The number of nitrogens with zero attached hydrogens (tertiary/aromatic N) is 3. The lowest BCUT2D eigenvalue weighted by atomic mass is 10.1. The average Bonchev–Trinajstić information content (AvgIpc) is 2.47. The van der Waals surface area contributed by atoms with Gasteiger partial charge in [-0.2, -0.15) is 4.98 Å². The van der Waals surface area contributed by atoms with E-state index in [9.17, 15) is 10.1 Å². The lowest BCUT2D eigenvalue weighted by molar-refractivity contribution is -0.385. The van der Waals surface area contributed by atoms with Gasteiger partial charge in [-0.1, -0.05) is 28.1 Å². The summed E-state index contributed by atoms with van der Waals surface area (Å²) >= 11 is 3.36. The first kappa shape index (κ1) is 15.2. The first-order valence-electron chi connectivity index (χ1n) is 6.08. The van der Waals surface area contributed by atoms with Gasteiger partial charge < -0.3 is 10.1 Å². The Balaban J connectivity index is 2.30. The molecule has 0 bridgehead atoms. The van der Waals surface area contributed by atoms with Gasteiger partial charge in [-0.05, 0) is 24.6 Å². The highest BCUT2D eigenvalue weighted by Crippen LogP contribution is 2.32. The van der Waals surface area contributed by atoms with Crippen molar-refractivity contribution in [2.75, 3.05) is 12.4 Å². The zero-order valence-corrected chi connectivity index (χ0v) is 13.0. The van der Waals surface area contributed by atoms with Gasteiger partial charge in [0.1, 0.15) is 6.33 Å². The lowest BCUT2D eigenvalue weighted by Crippen LogP contribution is -2.11. The molecule has 0 spiro atoms. The lowest BCUT2D eigenvalue weighted by Gasteiger charge is -2.15. The Morgan fingerprint density at radius 2 is 2.00 bits per heavy atom. The number of rotatable bonds is 5. The molecular formula is C13H13BrN4O3. The minimum atomic E-state index is -0.560. The van der Waals surface area contributed by atoms with Gasteiger partial charge in [0.25, 0.3) is 5.88 Å². The monoisotopic (exact) mass is 352 g/mol. The maximum absolute atomic E-state index is 11.2. The van der Waals surface area contributed by atoms with Crippen molar-refractivity contribution in [2.24, 2.45) is 0 Å². The van der Waals surface area contributed by atoms with Crippen LogP contribution in [-0.4, -0.2) is 22.0 Å². The Bertz CT molecular complexity index is 648. The highest BCUT2D eigenvalue weighted by Gasteiger charge is 2.25. The zero-order valence-electron chi connectivity index (χ0n) is 11.4. The number of nitro groups is 1. The minimum absolute atomic E-state index is 0.0690. The highest BCUT2D eigenvalue weighted by atomic mass is 79.9. The van der Waals surface area contributed by atoms with E-state index >= 15 is 0 Å². The van der Waals surface area contributed by atoms with Crippen molar-refractivity contribution >= 4 is 27.4 Å². The molecule has 1 heterocycles. The summed E-state index contributed by atoms with van der Waals surface area (Å²) in [5.74, 6) is 0.0581. The van der Waals surface area contributed by atoms with E-state index in [1.54, 1.807) is 0 Å². The van der Waals surface area contributed by atoms with Crippen molar-refractivity contribution in [3.8, 4) is 5.88 Å². The summed E-state index contributed by atoms with van der Waals surface area (Å²) in [6.45, 7) is 1.89. The van der Waals surface area contributed by atoms with Gasteiger partial charge in [0, 0.05) is 4.47 Å². The predicted octanol–water partition coefficient (Wildman–Crippen LogP) is 3.33. The van der Waals surface area contributed by atoms with E-state index in [2.05, 4.69) is 31.2 Å². The highest BCUT2D eigenvalue weighted by molar-refractivity contribution is 9.10. The maximum Gasteiger partial charge on any atom is 0.372 e. The Morgan fingerprint density at radius 3 is 2.57 bits per heavy atom. The van der Waals surface area contributed by atoms with Crippen LogP contribution in [0.2, 0.25) is 0 Å². The van der Waals surface area contributed by atoms with Crippen molar-refractivity contribution in [2.45, 2.75) is 13.0 Å². The molecule has 0 aliphatic rings. The third-order valence-corrected chi connectivity index (χ3v) is 3.42. The van der Waals surface area contributed by atoms with Gasteiger partial charge in [-0.3, -0.25) is 10.1 Å². The molecule has 110 valence electrons. The van der Waals surface area contributed by atoms with Gasteiger partial charge in [-0.15, -0.1) is 0 Å². The normalized spacial score (nSPS) is 11.8. The summed E-state index contributed by atoms with van der Waals surface area (Å²) in [7, 11) is 1.33. The first-order valence-corrected chi connectivity index (χ1v) is 6.87. The Labute approximate surface area is 129 Å². The molecule has 0 saturated carbocycles. The molecule has 8 heteroatoms. The fraction of sp³-hybridized carbons (Fsp3) is 0.231. The molecule has 1 N–H and O–H groups in total. The van der Waals surface area contributed by atoms with Crippen LogP contribution in [0.3, 0.4) is 0 Å². The van der Waals surface area contributed by atoms with Gasteiger partial charge in [0.2, 0.25) is 5.82 Å². The number of hydrogen-bond donors (Lipinski definition) is 1. The number of aromatic nitrogens is 2. The summed E-state index contributed by atoms with van der Waals surface area (Å²) in [6, 6.07) is 7.50. The van der Waals surface area contributed by atoms with Crippen molar-refractivity contribution in [3.63, 3.8) is 0 Å². The molecule has 1 aromatic heterocycles. The Kier molecular flexibility index (Phi) is 4.69. The molecule has 0 saturated heterocycles. The van der Waals surface area contributed by atoms with Crippen molar-refractivity contribution in [3.05, 3.63) is 50.7 Å². The van der Waals surface area contributed by atoms with Crippen LogP contribution in [0, 0.1) is 10.1 Å². The van der Waals surface area contributed by atoms with Gasteiger partial charge in [0.05, 0.1) is 18.1 Å². The standard InChI is InChI=1S/C13H13BrN4O3/c1-8(9-3-5-10(14)6-4-9)17-12-11(18(19)20)13(21-2)16-7-15-12/h3-8H,1-2H3,(H,15,16,17). The molecule has 21 heavy (non-hydrogen) atoms. The number of nitrogens with one attached hydrogen (secondary N) is 1. The van der Waals surface area contributed by atoms with Crippen LogP contribution in [0.5, 0.6) is 5.88 Å². The molecule has 1 atom stereocenters. The molecular weight excluding hydrogens is 340 g/mol. The van der Waals surface area contributed by atoms with E-state index < -0.39 is 4.92 Å². The molecule has 0 aliphatic carbocycles. The quantitative estimate of drug-likeness (QED) is 0.655. The molecule has 0 amide bonds. The Hall–Kier alpha value is -2.22. The second-order valence-corrected chi connectivity index (χ2v) is 5.17. The van der Waals surface area contributed by atoms with E-state index in [1.165, 1.54) is 13.4 Å². The average molecular weight is 353 g/mol. The number of halogens is 1. The summed E-state index contributed by atoms with van der Waals surface area (Å²) in [5.41, 5.74) is 0.703. The summed E-state index contributed by atoms with van der Waals surface area (Å²) < 4.78 is 5.88. The second-order valence-electron chi connectivity index (χ2n) is 4.25. The molecule has 1 aromatic carbocycles. The molecule has 0 fully saturated rings. The van der Waals surface area contributed by atoms with Gasteiger partial charge >= 0.3 is 5.69 Å². The van der Waals surface area contributed by atoms with E-state index in [4.69, 9.17) is 4.74 Å². The van der Waals surface area contributed by atoms with Crippen LogP contribution in [0.25, 0.3) is 0 Å². The summed E-state index contributed by atoms with van der Waals surface area (Å²) in [5, 5.41) is 14.2. The van der Waals surface area contributed by atoms with E-state index in [0.717, 1.165) is 10.0 Å². The molecule has 1 unspecified atom stereocenters. The Morgan fingerprint density at radius 1 is 1.33 bits per heavy atom. The van der Waals surface area contributed by atoms with E-state index in [1.807, 2.05) is 31.2 Å². The molecule has 2 aromatic rings. The third-order valence-electron chi connectivity index (χ3n) is 2.89. The van der Waals surface area contributed by atoms with Crippen molar-refractivity contribution in [1.29, 1.82) is 0 Å². The maximum atomic E-state index is 11.2. The predicted molar refractivity (Wildman–Crippen MR) is 81.4 cm³/mol.